The molecule has 1 saturated heterocycles. The highest BCUT2D eigenvalue weighted by Crippen LogP contribution is 2.38. The Morgan fingerprint density at radius 3 is 2.78 bits per heavy atom. The Labute approximate surface area is 247 Å². The van der Waals surface area contributed by atoms with Crippen molar-refractivity contribution in [3.05, 3.63) is 99.8 Å². The van der Waals surface area contributed by atoms with Gasteiger partial charge in [-0.25, -0.2) is 4.79 Å². The van der Waals surface area contributed by atoms with Crippen molar-refractivity contribution in [2.75, 3.05) is 26.2 Å². The number of fused-ring (bicyclic) bond motifs is 2. The first-order valence-corrected chi connectivity index (χ1v) is 14.8. The standard InChI is InChI=1S/C33H39ClN4O3/c1-4-35-32(39)38(20-23-9-12-25(34)13-10-23)26-15-18-37(21-26)17-6-8-27-28-7-5-16-36-30(28)22-41-31-14-11-24(19-29(27)31)33(2,3)40/h5,7-14,16,19,26,40H,4,6,15,17-18,20-22H2,1-3H3,(H,35,39)/b27-8+/t26-/m0/s1. The number of hydrogen-bond donors (Lipinski definition) is 2. The van der Waals surface area contributed by atoms with Crippen LogP contribution in [0.1, 0.15) is 61.6 Å². The summed E-state index contributed by atoms with van der Waals surface area (Å²) in [6, 6.07) is 17.8. The van der Waals surface area contributed by atoms with Crippen molar-refractivity contribution in [2.24, 2.45) is 0 Å². The van der Waals surface area contributed by atoms with Crippen LogP contribution < -0.4 is 10.1 Å². The average molecular weight is 575 g/mol. The van der Waals surface area contributed by atoms with Gasteiger partial charge in [0.1, 0.15) is 12.4 Å². The summed E-state index contributed by atoms with van der Waals surface area (Å²) in [7, 11) is 0. The molecule has 8 heteroatoms. The van der Waals surface area contributed by atoms with Crippen LogP contribution in [0.4, 0.5) is 4.79 Å². The predicted octanol–water partition coefficient (Wildman–Crippen LogP) is 5.98. The van der Waals surface area contributed by atoms with Crippen molar-refractivity contribution in [1.82, 2.24) is 20.1 Å². The normalized spacial score (nSPS) is 17.9. The second-order valence-corrected chi connectivity index (χ2v) is 11.7. The fraction of sp³-hybridized carbons (Fsp3) is 0.394. The van der Waals surface area contributed by atoms with E-state index in [9.17, 15) is 9.90 Å². The van der Waals surface area contributed by atoms with Crippen LogP contribution in [0, 0.1) is 0 Å². The van der Waals surface area contributed by atoms with E-state index in [1.165, 1.54) is 0 Å². The summed E-state index contributed by atoms with van der Waals surface area (Å²) in [6.07, 6.45) is 5.83. The molecule has 41 heavy (non-hydrogen) atoms. The van der Waals surface area contributed by atoms with E-state index >= 15 is 0 Å². The van der Waals surface area contributed by atoms with Crippen molar-refractivity contribution in [3.63, 3.8) is 0 Å². The summed E-state index contributed by atoms with van der Waals surface area (Å²) >= 11 is 6.08. The maximum Gasteiger partial charge on any atom is 0.317 e. The molecule has 7 nitrogen and oxygen atoms in total. The number of carbonyl (C=O) groups excluding carboxylic acids is 1. The number of ether oxygens (including phenoxy) is 1. The number of halogens is 1. The van der Waals surface area contributed by atoms with Crippen LogP contribution in [0.15, 0.2) is 66.9 Å². The van der Waals surface area contributed by atoms with Crippen LogP contribution in [0.2, 0.25) is 5.02 Å². The van der Waals surface area contributed by atoms with Crippen LogP contribution in [-0.2, 0) is 18.8 Å². The molecule has 3 aromatic rings. The van der Waals surface area contributed by atoms with E-state index < -0.39 is 5.60 Å². The zero-order chi connectivity index (χ0) is 29.0. The predicted molar refractivity (Wildman–Crippen MR) is 163 cm³/mol. The van der Waals surface area contributed by atoms with Crippen molar-refractivity contribution in [1.29, 1.82) is 0 Å². The third-order valence-electron chi connectivity index (χ3n) is 7.86. The summed E-state index contributed by atoms with van der Waals surface area (Å²) in [5, 5.41) is 14.4. The lowest BCUT2D eigenvalue weighted by atomic mass is 9.90. The number of aliphatic hydroxyl groups is 1. The van der Waals surface area contributed by atoms with Gasteiger partial charge in [0.15, 0.2) is 0 Å². The Bertz CT molecular complexity index is 1400. The molecule has 2 aromatic carbocycles. The number of pyridine rings is 1. The molecule has 2 N–H and O–H groups in total. The minimum atomic E-state index is -0.962. The number of benzene rings is 2. The Hall–Kier alpha value is -3.39. The van der Waals surface area contributed by atoms with E-state index in [1.54, 1.807) is 20.0 Å². The number of aromatic nitrogens is 1. The molecule has 1 fully saturated rings. The number of nitrogens with one attached hydrogen (secondary N) is 1. The van der Waals surface area contributed by atoms with Gasteiger partial charge in [-0.1, -0.05) is 41.9 Å². The first-order valence-electron chi connectivity index (χ1n) is 14.4. The minimum absolute atomic E-state index is 0.0294. The first kappa shape index (κ1) is 29.1. The van der Waals surface area contributed by atoms with Gasteiger partial charge in [-0.15, -0.1) is 0 Å². The smallest absolute Gasteiger partial charge is 0.317 e. The van der Waals surface area contributed by atoms with Gasteiger partial charge in [-0.3, -0.25) is 4.98 Å². The minimum Gasteiger partial charge on any atom is -0.487 e. The van der Waals surface area contributed by atoms with Gasteiger partial charge in [-0.05, 0) is 80.6 Å². The number of likely N-dealkylation sites (tertiary alicyclic amines) is 1. The molecule has 0 spiro atoms. The topological polar surface area (TPSA) is 77.9 Å². The number of amides is 2. The van der Waals surface area contributed by atoms with Gasteiger partial charge in [0.2, 0.25) is 0 Å². The van der Waals surface area contributed by atoms with Gasteiger partial charge in [0.05, 0.1) is 11.3 Å². The maximum absolute atomic E-state index is 13.0. The van der Waals surface area contributed by atoms with E-state index in [0.717, 1.165) is 71.7 Å². The van der Waals surface area contributed by atoms with Gasteiger partial charge < -0.3 is 25.0 Å². The molecule has 3 heterocycles. The van der Waals surface area contributed by atoms with E-state index in [2.05, 4.69) is 27.3 Å². The largest absolute Gasteiger partial charge is 0.487 e. The number of hydrogen-bond acceptors (Lipinski definition) is 5. The second-order valence-electron chi connectivity index (χ2n) is 11.3. The fourth-order valence-corrected chi connectivity index (χ4v) is 5.75. The molecule has 0 bridgehead atoms. The molecule has 2 aliphatic heterocycles. The van der Waals surface area contributed by atoms with Gasteiger partial charge in [-0.2, -0.15) is 0 Å². The van der Waals surface area contributed by atoms with E-state index in [0.29, 0.717) is 24.7 Å². The summed E-state index contributed by atoms with van der Waals surface area (Å²) in [5.74, 6) is 0.795. The molecular weight excluding hydrogens is 536 g/mol. The lowest BCUT2D eigenvalue weighted by Crippen LogP contribution is -2.46. The molecular formula is C33H39ClN4O3. The average Bonchev–Trinajstić information content (AvgIpc) is 3.36. The highest BCUT2D eigenvalue weighted by atomic mass is 35.5. The third-order valence-corrected chi connectivity index (χ3v) is 8.11. The Balaban J connectivity index is 1.33. The summed E-state index contributed by atoms with van der Waals surface area (Å²) < 4.78 is 6.14. The lowest BCUT2D eigenvalue weighted by Gasteiger charge is -2.29. The Morgan fingerprint density at radius 1 is 1.22 bits per heavy atom. The number of rotatable bonds is 8. The first-order chi connectivity index (χ1) is 19.7. The highest BCUT2D eigenvalue weighted by Gasteiger charge is 2.31. The van der Waals surface area contributed by atoms with Crippen molar-refractivity contribution < 1.29 is 14.6 Å². The number of urea groups is 1. The van der Waals surface area contributed by atoms with E-state index in [1.807, 2.05) is 60.4 Å². The van der Waals surface area contributed by atoms with Crippen LogP contribution in [-0.4, -0.2) is 58.1 Å². The fourth-order valence-electron chi connectivity index (χ4n) is 5.62. The van der Waals surface area contributed by atoms with Crippen LogP contribution in [0.25, 0.3) is 5.57 Å². The molecule has 216 valence electrons. The van der Waals surface area contributed by atoms with Gasteiger partial charge in [0, 0.05) is 61.1 Å². The molecule has 5 rings (SSSR count). The molecule has 2 amide bonds. The molecule has 0 aliphatic carbocycles. The summed E-state index contributed by atoms with van der Waals surface area (Å²) in [5.41, 5.74) is 4.96. The Kier molecular flexibility index (Phi) is 8.97. The summed E-state index contributed by atoms with van der Waals surface area (Å²) in [4.78, 5) is 22.0. The molecule has 0 unspecified atom stereocenters. The Morgan fingerprint density at radius 2 is 2.02 bits per heavy atom. The second kappa shape index (κ2) is 12.6. The van der Waals surface area contributed by atoms with Crippen LogP contribution >= 0.6 is 11.6 Å². The monoisotopic (exact) mass is 574 g/mol. The van der Waals surface area contributed by atoms with Crippen molar-refractivity contribution >= 4 is 23.2 Å². The molecule has 0 saturated carbocycles. The molecule has 2 aliphatic rings. The van der Waals surface area contributed by atoms with E-state index in [4.69, 9.17) is 16.3 Å². The zero-order valence-electron chi connectivity index (χ0n) is 24.1. The number of nitrogens with zero attached hydrogens (tertiary/aromatic N) is 3. The molecule has 1 aromatic heterocycles. The zero-order valence-corrected chi connectivity index (χ0v) is 24.8. The molecule has 0 radical (unpaired) electrons. The van der Waals surface area contributed by atoms with Gasteiger partial charge in [0.25, 0.3) is 0 Å². The highest BCUT2D eigenvalue weighted by molar-refractivity contribution is 6.30. The van der Waals surface area contributed by atoms with Gasteiger partial charge >= 0.3 is 6.03 Å². The van der Waals surface area contributed by atoms with Crippen molar-refractivity contribution in [3.8, 4) is 5.75 Å². The van der Waals surface area contributed by atoms with Crippen LogP contribution in [0.5, 0.6) is 5.75 Å². The number of carbonyl (C=O) groups is 1. The SMILES string of the molecule is CCNC(=O)N(Cc1ccc(Cl)cc1)[C@H]1CCN(CC/C=C2/c3cc(C(C)(C)O)ccc3OCc3ncccc32)C1. The molecule has 1 atom stereocenters. The maximum atomic E-state index is 13.0. The van der Waals surface area contributed by atoms with Crippen LogP contribution in [0.3, 0.4) is 0 Å². The van der Waals surface area contributed by atoms with E-state index in [-0.39, 0.29) is 12.1 Å². The van der Waals surface area contributed by atoms with Crippen molar-refractivity contribution in [2.45, 2.75) is 58.4 Å². The summed E-state index contributed by atoms with van der Waals surface area (Å²) in [6.45, 7) is 9.73. The quantitative estimate of drug-likeness (QED) is 0.346. The third kappa shape index (κ3) is 6.92. The lowest BCUT2D eigenvalue weighted by molar-refractivity contribution is 0.0785.